The fourth-order valence-corrected chi connectivity index (χ4v) is 2.23. The lowest BCUT2D eigenvalue weighted by molar-refractivity contribution is 0.0734. The molecule has 3 aromatic carbocycles. The molecule has 0 N–H and O–H groups in total. The number of carbonyl (C=O) groups excluding carboxylic acids is 1. The lowest BCUT2D eigenvalue weighted by Crippen LogP contribution is -2.09. The Morgan fingerprint density at radius 2 is 1.30 bits per heavy atom. The van der Waals surface area contributed by atoms with Crippen molar-refractivity contribution in [2.45, 2.75) is 0 Å². The van der Waals surface area contributed by atoms with Gasteiger partial charge in [0.2, 0.25) is 0 Å². The number of carbonyl (C=O) groups is 1. The van der Waals surface area contributed by atoms with Gasteiger partial charge in [-0.15, -0.1) is 0 Å². The van der Waals surface area contributed by atoms with E-state index in [0.717, 1.165) is 11.1 Å². The molecular weight excluding hydrogens is 284 g/mol. The van der Waals surface area contributed by atoms with Crippen molar-refractivity contribution in [3.63, 3.8) is 0 Å². The third kappa shape index (κ3) is 3.95. The van der Waals surface area contributed by atoms with E-state index >= 15 is 0 Å². The first kappa shape index (κ1) is 14.8. The topological polar surface area (TPSA) is 26.3 Å². The molecule has 2 heteroatoms. The molecule has 0 aromatic heterocycles. The molecule has 3 aromatic rings. The molecule has 0 unspecified atom stereocenters. The van der Waals surface area contributed by atoms with Crippen molar-refractivity contribution in [2.24, 2.45) is 0 Å². The molecule has 0 heterocycles. The van der Waals surface area contributed by atoms with Crippen LogP contribution in [0.5, 0.6) is 5.75 Å². The van der Waals surface area contributed by atoms with Crippen LogP contribution < -0.4 is 4.74 Å². The zero-order valence-corrected chi connectivity index (χ0v) is 12.6. The van der Waals surface area contributed by atoms with E-state index in [1.807, 2.05) is 78.9 Å². The Kier molecular flexibility index (Phi) is 4.65. The summed E-state index contributed by atoms with van der Waals surface area (Å²) in [6, 6.07) is 26.5. The van der Waals surface area contributed by atoms with Gasteiger partial charge >= 0.3 is 5.97 Å². The van der Waals surface area contributed by atoms with E-state index < -0.39 is 0 Å². The summed E-state index contributed by atoms with van der Waals surface area (Å²) in [6.45, 7) is 0. The molecule has 0 bridgehead atoms. The van der Waals surface area contributed by atoms with Crippen LogP contribution >= 0.6 is 0 Å². The minimum absolute atomic E-state index is 0.357. The fraction of sp³-hybridized carbons (Fsp3) is 0. The molecule has 23 heavy (non-hydrogen) atoms. The number of benzene rings is 3. The maximum absolute atomic E-state index is 12.4. The van der Waals surface area contributed by atoms with Gasteiger partial charge in [0.25, 0.3) is 0 Å². The molecular formula is C21H16O2. The van der Waals surface area contributed by atoms with Crippen LogP contribution in [0.1, 0.15) is 21.5 Å². The Hall–Kier alpha value is -3.13. The summed E-state index contributed by atoms with van der Waals surface area (Å²) in [6.07, 6.45) is 3.91. The third-order valence-electron chi connectivity index (χ3n) is 3.39. The average Bonchev–Trinajstić information content (AvgIpc) is 2.62. The fourth-order valence-electron chi connectivity index (χ4n) is 2.23. The van der Waals surface area contributed by atoms with E-state index in [1.165, 1.54) is 0 Å². The van der Waals surface area contributed by atoms with Crippen LogP contribution in [0.2, 0.25) is 0 Å². The summed E-state index contributed by atoms with van der Waals surface area (Å²) in [4.78, 5) is 12.4. The maximum Gasteiger partial charge on any atom is 0.344 e. The van der Waals surface area contributed by atoms with Crippen molar-refractivity contribution in [3.05, 3.63) is 102 Å². The van der Waals surface area contributed by atoms with Crippen LogP contribution in [0.25, 0.3) is 12.2 Å². The Morgan fingerprint density at radius 3 is 2.04 bits per heavy atom. The third-order valence-corrected chi connectivity index (χ3v) is 3.39. The van der Waals surface area contributed by atoms with Crippen LogP contribution in [0, 0.1) is 0 Å². The van der Waals surface area contributed by atoms with Gasteiger partial charge in [-0.3, -0.25) is 0 Å². The largest absolute Gasteiger partial charge is 0.423 e. The molecule has 0 aliphatic heterocycles. The van der Waals surface area contributed by atoms with Gasteiger partial charge < -0.3 is 4.74 Å². The lowest BCUT2D eigenvalue weighted by Gasteiger charge is -2.06. The Balaban J connectivity index is 1.83. The first-order valence-electron chi connectivity index (χ1n) is 7.42. The van der Waals surface area contributed by atoms with E-state index in [-0.39, 0.29) is 5.97 Å². The molecule has 0 radical (unpaired) electrons. The van der Waals surface area contributed by atoms with Crippen LogP contribution in [0.3, 0.4) is 0 Å². The molecule has 0 atom stereocenters. The zero-order chi connectivity index (χ0) is 15.9. The second-order valence-electron chi connectivity index (χ2n) is 5.03. The molecule has 112 valence electrons. The number of para-hydroxylation sites is 1. The summed E-state index contributed by atoms with van der Waals surface area (Å²) in [7, 11) is 0. The summed E-state index contributed by atoms with van der Waals surface area (Å²) >= 11 is 0. The minimum Gasteiger partial charge on any atom is -0.423 e. The molecule has 0 fully saturated rings. The highest BCUT2D eigenvalue weighted by Gasteiger charge is 2.11. The highest BCUT2D eigenvalue weighted by atomic mass is 16.5. The highest BCUT2D eigenvalue weighted by Crippen LogP contribution is 2.17. The molecule has 0 spiro atoms. The lowest BCUT2D eigenvalue weighted by atomic mass is 10.1. The summed E-state index contributed by atoms with van der Waals surface area (Å²) < 4.78 is 5.42. The smallest absolute Gasteiger partial charge is 0.344 e. The van der Waals surface area contributed by atoms with Crippen LogP contribution in [0.4, 0.5) is 0 Å². The van der Waals surface area contributed by atoms with Gasteiger partial charge in [-0.1, -0.05) is 78.9 Å². The number of rotatable bonds is 4. The average molecular weight is 300 g/mol. The van der Waals surface area contributed by atoms with Crippen LogP contribution in [-0.2, 0) is 0 Å². The molecule has 0 amide bonds. The molecule has 3 rings (SSSR count). The first-order chi connectivity index (χ1) is 11.3. The normalized spacial score (nSPS) is 10.6. The van der Waals surface area contributed by atoms with Crippen molar-refractivity contribution in [1.82, 2.24) is 0 Å². The Morgan fingerprint density at radius 1 is 0.696 bits per heavy atom. The number of ether oxygens (including phenoxy) is 1. The van der Waals surface area contributed by atoms with Gasteiger partial charge in [-0.25, -0.2) is 4.79 Å². The van der Waals surface area contributed by atoms with Gasteiger partial charge in [-0.05, 0) is 29.3 Å². The minimum atomic E-state index is -0.357. The van der Waals surface area contributed by atoms with Crippen LogP contribution in [-0.4, -0.2) is 5.97 Å². The molecule has 2 nitrogen and oxygen atoms in total. The predicted octanol–water partition coefficient (Wildman–Crippen LogP) is 5.08. The Labute approximate surface area is 135 Å². The van der Waals surface area contributed by atoms with Gasteiger partial charge in [0.05, 0.1) is 5.56 Å². The summed E-state index contributed by atoms with van der Waals surface area (Å²) in [5.41, 5.74) is 2.46. The van der Waals surface area contributed by atoms with E-state index in [1.54, 1.807) is 18.2 Å². The molecule has 0 saturated heterocycles. The second-order valence-corrected chi connectivity index (χ2v) is 5.03. The first-order valence-corrected chi connectivity index (χ1v) is 7.42. The maximum atomic E-state index is 12.4. The van der Waals surface area contributed by atoms with Crippen molar-refractivity contribution in [3.8, 4) is 5.75 Å². The quantitative estimate of drug-likeness (QED) is 0.382. The van der Waals surface area contributed by atoms with Crippen molar-refractivity contribution in [2.75, 3.05) is 0 Å². The number of hydrogen-bond acceptors (Lipinski definition) is 2. The Bertz CT molecular complexity index is 806. The summed E-state index contributed by atoms with van der Waals surface area (Å²) in [5.74, 6) is 0.184. The van der Waals surface area contributed by atoms with Crippen molar-refractivity contribution >= 4 is 18.1 Å². The van der Waals surface area contributed by atoms with Gasteiger partial charge in [0, 0.05) is 0 Å². The number of esters is 1. The van der Waals surface area contributed by atoms with Crippen LogP contribution in [0.15, 0.2) is 84.9 Å². The predicted molar refractivity (Wildman–Crippen MR) is 93.2 cm³/mol. The van der Waals surface area contributed by atoms with E-state index in [0.29, 0.717) is 11.3 Å². The van der Waals surface area contributed by atoms with Crippen molar-refractivity contribution < 1.29 is 9.53 Å². The SMILES string of the molecule is O=C(Oc1ccccc1)c1ccccc1/C=C/c1ccccc1. The molecule has 0 aliphatic carbocycles. The van der Waals surface area contributed by atoms with E-state index in [9.17, 15) is 4.79 Å². The van der Waals surface area contributed by atoms with Gasteiger partial charge in [-0.2, -0.15) is 0 Å². The molecule has 0 aliphatic rings. The monoisotopic (exact) mass is 300 g/mol. The molecule has 0 saturated carbocycles. The second kappa shape index (κ2) is 7.23. The standard InChI is InChI=1S/C21H16O2/c22-21(23-19-12-5-2-6-13-19)20-14-8-7-11-18(20)16-15-17-9-3-1-4-10-17/h1-16H/b16-15+. The van der Waals surface area contributed by atoms with Gasteiger partial charge in [0.1, 0.15) is 5.75 Å². The number of hydrogen-bond donors (Lipinski definition) is 0. The van der Waals surface area contributed by atoms with Gasteiger partial charge in [0.15, 0.2) is 0 Å². The summed E-state index contributed by atoms with van der Waals surface area (Å²) in [5, 5.41) is 0. The highest BCUT2D eigenvalue weighted by molar-refractivity contribution is 5.96. The van der Waals surface area contributed by atoms with Crippen molar-refractivity contribution in [1.29, 1.82) is 0 Å². The van der Waals surface area contributed by atoms with E-state index in [2.05, 4.69) is 0 Å². The van der Waals surface area contributed by atoms with E-state index in [4.69, 9.17) is 4.74 Å². The zero-order valence-electron chi connectivity index (χ0n) is 12.6.